The van der Waals surface area contributed by atoms with Crippen molar-refractivity contribution in [1.82, 2.24) is 5.01 Å². The van der Waals surface area contributed by atoms with E-state index in [1.807, 2.05) is 0 Å². The van der Waals surface area contributed by atoms with Gasteiger partial charge >= 0.3 is 12.1 Å². The first kappa shape index (κ1) is 17.1. The van der Waals surface area contributed by atoms with Crippen LogP contribution in [0.5, 0.6) is 0 Å². The van der Waals surface area contributed by atoms with Crippen molar-refractivity contribution in [3.8, 4) is 0 Å². The number of rotatable bonds is 2. The van der Waals surface area contributed by atoms with E-state index in [4.69, 9.17) is 0 Å². The maximum Gasteiger partial charge on any atom is 0.459 e. The van der Waals surface area contributed by atoms with E-state index in [2.05, 4.69) is 5.10 Å². The lowest BCUT2D eigenvalue weighted by atomic mass is 9.79. The molecule has 126 valence electrons. The Bertz CT molecular complexity index is 520. The van der Waals surface area contributed by atoms with Crippen LogP contribution in [0.25, 0.3) is 0 Å². The minimum Gasteiger partial charge on any atom is -0.368 e. The van der Waals surface area contributed by atoms with Gasteiger partial charge in [0.2, 0.25) is 5.91 Å². The molecule has 0 aromatic rings. The summed E-state index contributed by atoms with van der Waals surface area (Å²) < 4.78 is 64.6. The third-order valence-electron chi connectivity index (χ3n) is 4.04. The van der Waals surface area contributed by atoms with Gasteiger partial charge in [0.25, 0.3) is 0 Å². The molecule has 4 nitrogen and oxygen atoms in total. The van der Waals surface area contributed by atoms with Crippen LogP contribution in [0.3, 0.4) is 0 Å². The maximum absolute atomic E-state index is 13.5. The number of hydrazone groups is 1. The maximum atomic E-state index is 13.5. The number of halogens is 5. The summed E-state index contributed by atoms with van der Waals surface area (Å²) in [4.78, 5) is 12.1. The largest absolute Gasteiger partial charge is 0.459 e. The molecule has 0 radical (unpaired) electrons. The van der Waals surface area contributed by atoms with E-state index in [1.54, 1.807) is 0 Å². The first-order valence-corrected chi connectivity index (χ1v) is 6.81. The van der Waals surface area contributed by atoms with Crippen LogP contribution >= 0.6 is 0 Å². The summed E-state index contributed by atoms with van der Waals surface area (Å²) in [6.45, 7) is 4.35. The molecule has 0 aromatic heterocycles. The highest BCUT2D eigenvalue weighted by Crippen LogP contribution is 2.48. The van der Waals surface area contributed by atoms with E-state index in [0.29, 0.717) is 17.9 Å². The Kier molecular flexibility index (Phi) is 3.60. The lowest BCUT2D eigenvalue weighted by Gasteiger charge is -2.41. The third kappa shape index (κ3) is 2.49. The van der Waals surface area contributed by atoms with E-state index < -0.39 is 47.2 Å². The van der Waals surface area contributed by atoms with Gasteiger partial charge in [-0.3, -0.25) is 4.79 Å². The average molecular weight is 328 g/mol. The molecule has 1 saturated carbocycles. The zero-order chi connectivity index (χ0) is 17.1. The predicted octanol–water partition coefficient (Wildman–Crippen LogP) is 2.92. The zero-order valence-corrected chi connectivity index (χ0v) is 12.3. The number of alkyl halides is 5. The van der Waals surface area contributed by atoms with Gasteiger partial charge in [0.05, 0.1) is 0 Å². The van der Waals surface area contributed by atoms with Crippen molar-refractivity contribution in [2.75, 3.05) is 0 Å². The minimum absolute atomic E-state index is 0.430. The van der Waals surface area contributed by atoms with Gasteiger partial charge in [0.15, 0.2) is 5.72 Å². The Morgan fingerprint density at radius 3 is 2.09 bits per heavy atom. The van der Waals surface area contributed by atoms with Crippen molar-refractivity contribution in [1.29, 1.82) is 0 Å². The van der Waals surface area contributed by atoms with E-state index in [-0.39, 0.29) is 0 Å². The molecule has 2 rings (SSSR count). The summed E-state index contributed by atoms with van der Waals surface area (Å²) in [5, 5.41) is 14.2. The molecular weight excluding hydrogens is 311 g/mol. The molecule has 0 spiro atoms. The molecule has 1 fully saturated rings. The first-order valence-electron chi connectivity index (χ1n) is 6.81. The van der Waals surface area contributed by atoms with Gasteiger partial charge in [0.1, 0.15) is 5.71 Å². The normalized spacial score (nSPS) is 27.1. The fourth-order valence-corrected chi connectivity index (χ4v) is 2.20. The summed E-state index contributed by atoms with van der Waals surface area (Å²) >= 11 is 0. The van der Waals surface area contributed by atoms with Crippen LogP contribution in [0.2, 0.25) is 0 Å². The summed E-state index contributed by atoms with van der Waals surface area (Å²) in [6, 6.07) is 0. The lowest BCUT2D eigenvalue weighted by molar-refractivity contribution is -0.250. The van der Waals surface area contributed by atoms with Crippen LogP contribution in [-0.2, 0) is 4.79 Å². The predicted molar refractivity (Wildman–Crippen MR) is 67.0 cm³/mol. The molecule has 1 atom stereocenters. The molecule has 22 heavy (non-hydrogen) atoms. The van der Waals surface area contributed by atoms with Gasteiger partial charge < -0.3 is 5.11 Å². The molecule has 0 saturated heterocycles. The molecule has 1 amide bonds. The molecular formula is C13H17F5N2O2. The lowest BCUT2D eigenvalue weighted by Crippen LogP contribution is -2.56. The molecule has 2 aliphatic rings. The van der Waals surface area contributed by atoms with Crippen LogP contribution < -0.4 is 0 Å². The second kappa shape index (κ2) is 4.62. The highest BCUT2D eigenvalue weighted by molar-refractivity contribution is 5.96. The third-order valence-corrected chi connectivity index (χ3v) is 4.04. The minimum atomic E-state index is -5.83. The highest BCUT2D eigenvalue weighted by atomic mass is 19.4. The SMILES string of the molecule is CC(C)(C)[C@@]1(O)CC(C(F)(F)C(F)(F)F)=NN1C(=O)C1CC1. The Labute approximate surface area is 124 Å². The number of hydrogen-bond donors (Lipinski definition) is 1. The highest BCUT2D eigenvalue weighted by Gasteiger charge is 2.66. The second-order valence-electron chi connectivity index (χ2n) is 6.79. The van der Waals surface area contributed by atoms with E-state index >= 15 is 0 Å². The quantitative estimate of drug-likeness (QED) is 0.793. The van der Waals surface area contributed by atoms with Crippen molar-refractivity contribution in [2.24, 2.45) is 16.4 Å². The second-order valence-corrected chi connectivity index (χ2v) is 6.79. The molecule has 1 heterocycles. The van der Waals surface area contributed by atoms with Gasteiger partial charge in [-0.1, -0.05) is 20.8 Å². The van der Waals surface area contributed by atoms with Crippen LogP contribution in [0, 0.1) is 11.3 Å². The van der Waals surface area contributed by atoms with Crippen LogP contribution in [0.15, 0.2) is 5.10 Å². The van der Waals surface area contributed by atoms with Crippen molar-refractivity contribution >= 4 is 11.6 Å². The molecule has 1 aliphatic heterocycles. The van der Waals surface area contributed by atoms with Gasteiger partial charge in [-0.2, -0.15) is 27.1 Å². The topological polar surface area (TPSA) is 52.9 Å². The van der Waals surface area contributed by atoms with E-state index in [1.165, 1.54) is 20.8 Å². The summed E-state index contributed by atoms with van der Waals surface area (Å²) in [7, 11) is 0. The Balaban J connectivity index is 2.44. The van der Waals surface area contributed by atoms with Crippen molar-refractivity contribution < 1.29 is 31.9 Å². The van der Waals surface area contributed by atoms with Crippen molar-refractivity contribution in [3.05, 3.63) is 0 Å². The molecule has 0 aromatic carbocycles. The van der Waals surface area contributed by atoms with E-state index in [0.717, 1.165) is 0 Å². The summed E-state index contributed by atoms with van der Waals surface area (Å²) in [5.74, 6) is -6.38. The van der Waals surface area contributed by atoms with Gasteiger partial charge in [0, 0.05) is 17.8 Å². The van der Waals surface area contributed by atoms with Crippen molar-refractivity contribution in [2.45, 2.75) is 57.9 Å². The van der Waals surface area contributed by atoms with Crippen LogP contribution in [0.1, 0.15) is 40.0 Å². The molecule has 1 aliphatic carbocycles. The van der Waals surface area contributed by atoms with Gasteiger partial charge in [-0.25, -0.2) is 5.01 Å². The number of carbonyl (C=O) groups excluding carboxylic acids is 1. The number of carbonyl (C=O) groups is 1. The molecule has 0 unspecified atom stereocenters. The molecule has 9 heteroatoms. The zero-order valence-electron chi connectivity index (χ0n) is 12.3. The molecule has 1 N–H and O–H groups in total. The Morgan fingerprint density at radius 2 is 1.73 bits per heavy atom. The van der Waals surface area contributed by atoms with Crippen molar-refractivity contribution in [3.63, 3.8) is 0 Å². The fourth-order valence-electron chi connectivity index (χ4n) is 2.20. The Hall–Kier alpha value is -1.25. The standard InChI is InChI=1S/C13H17F5N2O2/c1-10(2,3)11(22)6-8(12(14,15)13(16,17)18)19-20(11)9(21)7-4-5-7/h7,22H,4-6H2,1-3H3/t11-/m0/s1. The number of nitrogens with zero attached hydrogens (tertiary/aromatic N) is 2. The Morgan fingerprint density at radius 1 is 1.23 bits per heavy atom. The number of aliphatic hydroxyl groups is 1. The fraction of sp³-hybridized carbons (Fsp3) is 0.846. The average Bonchev–Trinajstić information content (AvgIpc) is 3.09. The van der Waals surface area contributed by atoms with Gasteiger partial charge in [-0.05, 0) is 12.8 Å². The van der Waals surface area contributed by atoms with Crippen LogP contribution in [-0.4, -0.2) is 39.6 Å². The van der Waals surface area contributed by atoms with E-state index in [9.17, 15) is 31.9 Å². The number of hydrogen-bond acceptors (Lipinski definition) is 3. The molecule has 0 bridgehead atoms. The summed E-state index contributed by atoms with van der Waals surface area (Å²) in [5.41, 5.74) is -4.90. The smallest absolute Gasteiger partial charge is 0.368 e. The summed E-state index contributed by atoms with van der Waals surface area (Å²) in [6.07, 6.45) is -5.85. The first-order chi connectivity index (χ1) is 9.72. The van der Waals surface area contributed by atoms with Gasteiger partial charge in [-0.15, -0.1) is 0 Å². The van der Waals surface area contributed by atoms with Crippen LogP contribution in [0.4, 0.5) is 22.0 Å². The number of amides is 1. The monoisotopic (exact) mass is 328 g/mol.